The highest BCUT2D eigenvalue weighted by atomic mass is 16.5. The number of fused-ring (bicyclic) bond motifs is 8. The zero-order chi connectivity index (χ0) is 47.1. The molecule has 0 aromatic carbocycles. The normalized spacial score (nSPS) is 32.0. The summed E-state index contributed by atoms with van der Waals surface area (Å²) in [6.45, 7) is 24.7. The molecule has 10 heteroatoms. The number of ketones is 1. The van der Waals surface area contributed by atoms with E-state index in [4.69, 9.17) is 9.47 Å². The summed E-state index contributed by atoms with van der Waals surface area (Å²) in [6.07, 6.45) is 20.1. The summed E-state index contributed by atoms with van der Waals surface area (Å²) in [7, 11) is 1.38. The summed E-state index contributed by atoms with van der Waals surface area (Å²) in [6, 6.07) is -0.580. The number of rotatable bonds is 21. The predicted octanol–water partition coefficient (Wildman–Crippen LogP) is 9.58. The van der Waals surface area contributed by atoms with Crippen molar-refractivity contribution in [2.24, 2.45) is 53.3 Å². The molecule has 4 N–H and O–H groups in total. The van der Waals surface area contributed by atoms with Gasteiger partial charge in [-0.15, -0.1) is 0 Å². The molecule has 14 atom stereocenters. The van der Waals surface area contributed by atoms with Crippen LogP contribution in [0, 0.1) is 60.2 Å². The molecule has 1 aromatic rings. The minimum Gasteiger partial charge on any atom is -0.468 e. The van der Waals surface area contributed by atoms with Gasteiger partial charge in [0.2, 0.25) is 0 Å². The lowest BCUT2D eigenvalue weighted by Gasteiger charge is -2.34. The number of aldehydes is 1. The molecule has 0 radical (unpaired) electrons. The molecule has 8 bridgehead atoms. The molecule has 2 saturated heterocycles. The highest BCUT2D eigenvalue weighted by molar-refractivity contribution is 6.03. The van der Waals surface area contributed by atoms with Crippen LogP contribution in [0.25, 0.3) is 6.08 Å². The van der Waals surface area contributed by atoms with Crippen molar-refractivity contribution >= 4 is 30.1 Å². The monoisotopic (exact) mass is 899 g/mol. The molecule has 1 aromatic heterocycles. The van der Waals surface area contributed by atoms with Gasteiger partial charge < -0.3 is 30.4 Å². The average molecular weight is 899 g/mol. The summed E-state index contributed by atoms with van der Waals surface area (Å²) >= 11 is 0. The van der Waals surface area contributed by atoms with Crippen molar-refractivity contribution in [2.45, 2.75) is 195 Å². The SMILES string of the molecule is C=Cc1c2[nH]c(c1C)CC1NC(C3C(C(=O)OC)C(=O)C4C(C)C(CC5NC(C2)C(C=O)=C5CC)NC43)[C@@H](CCC(=O)OC/C=C(\C)CCC[C@H](C)CCC[C@H](C)CCCC(C)C)[C@@H]1C. The fourth-order valence-corrected chi connectivity index (χ4v) is 13.2. The largest absolute Gasteiger partial charge is 0.468 e. The maximum Gasteiger partial charge on any atom is 0.316 e. The second-order valence-corrected chi connectivity index (χ2v) is 21.8. The second-order valence-electron chi connectivity index (χ2n) is 21.8. The van der Waals surface area contributed by atoms with Crippen molar-refractivity contribution in [3.8, 4) is 0 Å². The molecule has 3 fully saturated rings. The molecule has 0 spiro atoms. The van der Waals surface area contributed by atoms with E-state index in [1.165, 1.54) is 57.6 Å². The fourth-order valence-electron chi connectivity index (χ4n) is 13.2. The molecule has 1 aliphatic carbocycles. The van der Waals surface area contributed by atoms with Gasteiger partial charge in [-0.05, 0) is 104 Å². The number of Topliss-reactive ketones (excluding diaryl/α,β-unsaturated/α-hetero) is 1. The van der Waals surface area contributed by atoms with Crippen LogP contribution in [-0.2, 0) is 41.5 Å². The van der Waals surface area contributed by atoms with Gasteiger partial charge in [0, 0.05) is 84.3 Å². The first-order valence-electron chi connectivity index (χ1n) is 25.8. The first-order valence-corrected chi connectivity index (χ1v) is 25.8. The highest BCUT2D eigenvalue weighted by Crippen LogP contribution is 2.51. The molecule has 5 aliphatic rings. The number of H-pyrrole nitrogens is 1. The van der Waals surface area contributed by atoms with Crippen LogP contribution in [0.5, 0.6) is 0 Å². The van der Waals surface area contributed by atoms with Gasteiger partial charge in [0.1, 0.15) is 18.8 Å². The van der Waals surface area contributed by atoms with Crippen LogP contribution >= 0.6 is 0 Å². The van der Waals surface area contributed by atoms with Crippen LogP contribution in [0.15, 0.2) is 29.4 Å². The first-order chi connectivity index (χ1) is 31.1. The number of nitrogens with one attached hydrogen (secondary N) is 4. The summed E-state index contributed by atoms with van der Waals surface area (Å²) in [5.74, 6) is 0.118. The quantitative estimate of drug-likeness (QED) is 0.0412. The fraction of sp³-hybridized carbons (Fsp3) is 0.745. The van der Waals surface area contributed by atoms with E-state index in [1.807, 2.05) is 6.08 Å². The number of hydrogen-bond donors (Lipinski definition) is 4. The van der Waals surface area contributed by atoms with Gasteiger partial charge in [-0.25, -0.2) is 0 Å². The molecule has 0 amide bonds. The molecule has 362 valence electrons. The lowest BCUT2D eigenvalue weighted by Crippen LogP contribution is -2.51. The molecule has 5 heterocycles. The predicted molar refractivity (Wildman–Crippen MR) is 261 cm³/mol. The molecule has 10 unspecified atom stereocenters. The molecule has 10 nitrogen and oxygen atoms in total. The Balaban J connectivity index is 1.14. The second kappa shape index (κ2) is 23.1. The van der Waals surface area contributed by atoms with Crippen LogP contribution in [0.1, 0.15) is 161 Å². The third kappa shape index (κ3) is 11.7. The van der Waals surface area contributed by atoms with Crippen LogP contribution < -0.4 is 16.0 Å². The van der Waals surface area contributed by atoms with E-state index in [9.17, 15) is 19.2 Å². The maximum atomic E-state index is 14.6. The Labute approximate surface area is 392 Å². The van der Waals surface area contributed by atoms with E-state index in [1.54, 1.807) is 0 Å². The minimum absolute atomic E-state index is 0.00253. The molecule has 4 aliphatic heterocycles. The Morgan fingerprint density at radius 1 is 0.862 bits per heavy atom. The molecule has 1 saturated carbocycles. The number of methoxy groups -OCH3 is 1. The number of carbonyl (C=O) groups excluding carboxylic acids is 4. The Morgan fingerprint density at radius 3 is 2.18 bits per heavy atom. The Morgan fingerprint density at radius 2 is 1.54 bits per heavy atom. The topological polar surface area (TPSA) is 139 Å². The van der Waals surface area contributed by atoms with Gasteiger partial charge in [0.05, 0.1) is 7.11 Å². The smallest absolute Gasteiger partial charge is 0.316 e. The summed E-state index contributed by atoms with van der Waals surface area (Å²) in [5, 5.41) is 11.8. The summed E-state index contributed by atoms with van der Waals surface area (Å²) < 4.78 is 11.2. The number of esters is 2. The van der Waals surface area contributed by atoms with Crippen LogP contribution in [0.3, 0.4) is 0 Å². The van der Waals surface area contributed by atoms with E-state index in [2.05, 4.69) is 95.9 Å². The number of allylic oxidation sites excluding steroid dienone is 1. The standard InChI is InChI=1S/C55H86N4O6/c1-12-38-35(8)42-27-43-36(9)40(23-24-48(61)65-26-25-34(7)22-16-21-33(6)20-15-19-32(5)18-14-17-31(3)4)52(58-43)50-51(55(63)64-11)54(62)49-37(10)44(59-53(49)50)28-46-39(13-2)41(30-60)47(57-46)29-45(38)56-42/h12,25,30-33,36-37,40,43-44,46-47,49-53,56-59H,1,13-24,26-29H2,2-11H3/b34-25+/t32-,33-,36+,37?,40+,43?,44?,46?,47?,49?,50?,51?,52?,53?/m1/s1. The van der Waals surface area contributed by atoms with Gasteiger partial charge in [0.25, 0.3) is 0 Å². The zero-order valence-electron chi connectivity index (χ0n) is 41.9. The number of aromatic nitrogens is 1. The Bertz CT molecular complexity index is 1900. The zero-order valence-corrected chi connectivity index (χ0v) is 41.9. The van der Waals surface area contributed by atoms with E-state index in [0.717, 1.165) is 83.4 Å². The van der Waals surface area contributed by atoms with Gasteiger partial charge in [0.15, 0.2) is 5.78 Å². The number of hydrogen-bond acceptors (Lipinski definition) is 9. The first kappa shape index (κ1) is 51.1. The van der Waals surface area contributed by atoms with Crippen molar-refractivity contribution in [1.29, 1.82) is 0 Å². The van der Waals surface area contributed by atoms with Crippen LogP contribution in [0.2, 0.25) is 0 Å². The van der Waals surface area contributed by atoms with Crippen molar-refractivity contribution < 1.29 is 28.7 Å². The summed E-state index contributed by atoms with van der Waals surface area (Å²) in [5.41, 5.74) is 7.62. The van der Waals surface area contributed by atoms with E-state index in [0.29, 0.717) is 19.3 Å². The molecular weight excluding hydrogens is 813 g/mol. The van der Waals surface area contributed by atoms with Crippen molar-refractivity contribution in [3.63, 3.8) is 0 Å². The Kier molecular flexibility index (Phi) is 18.2. The third-order valence-corrected chi connectivity index (χ3v) is 17.1. The Hall–Kier alpha value is -3.34. The maximum absolute atomic E-state index is 14.6. The third-order valence-electron chi connectivity index (χ3n) is 17.1. The van der Waals surface area contributed by atoms with Gasteiger partial charge in [-0.2, -0.15) is 0 Å². The van der Waals surface area contributed by atoms with E-state index >= 15 is 0 Å². The van der Waals surface area contributed by atoms with Gasteiger partial charge in [-0.3, -0.25) is 19.2 Å². The van der Waals surface area contributed by atoms with Gasteiger partial charge in [-0.1, -0.05) is 112 Å². The van der Waals surface area contributed by atoms with E-state index < -0.39 is 11.9 Å². The van der Waals surface area contributed by atoms with Crippen LogP contribution in [-0.4, -0.2) is 79.0 Å². The number of carbonyl (C=O) groups is 4. The highest BCUT2D eigenvalue weighted by Gasteiger charge is 2.64. The lowest BCUT2D eigenvalue weighted by molar-refractivity contribution is -0.151. The molecular formula is C55H86N4O6. The van der Waals surface area contributed by atoms with Crippen molar-refractivity contribution in [3.05, 3.63) is 51.9 Å². The number of aromatic amines is 1. The van der Waals surface area contributed by atoms with Crippen LogP contribution in [0.4, 0.5) is 0 Å². The lowest BCUT2D eigenvalue weighted by atomic mass is 9.75. The van der Waals surface area contributed by atoms with Gasteiger partial charge >= 0.3 is 11.9 Å². The summed E-state index contributed by atoms with van der Waals surface area (Å²) in [4.78, 5) is 58.3. The molecule has 65 heavy (non-hydrogen) atoms. The minimum atomic E-state index is -0.903. The van der Waals surface area contributed by atoms with Crippen molar-refractivity contribution in [1.82, 2.24) is 20.9 Å². The molecule has 6 rings (SSSR count). The van der Waals surface area contributed by atoms with E-state index in [-0.39, 0.29) is 90.6 Å². The average Bonchev–Trinajstić information content (AvgIpc) is 4.02. The number of ether oxygens (including phenoxy) is 2. The van der Waals surface area contributed by atoms with Crippen molar-refractivity contribution in [2.75, 3.05) is 13.7 Å².